The van der Waals surface area contributed by atoms with Crippen molar-refractivity contribution < 1.29 is 13.2 Å². The predicted octanol–water partition coefficient (Wildman–Crippen LogP) is 2.42. The number of nitrogen functional groups attached to an aromatic ring is 1. The van der Waals surface area contributed by atoms with Crippen LogP contribution in [0.1, 0.15) is 19.8 Å². The van der Waals surface area contributed by atoms with Crippen LogP contribution in [0, 0.1) is 0 Å². The number of anilines is 1. The van der Waals surface area contributed by atoms with Crippen LogP contribution in [-0.4, -0.2) is 27.2 Å². The highest BCUT2D eigenvalue weighted by Crippen LogP contribution is 2.34. The molecule has 0 amide bonds. The Kier molecular flexibility index (Phi) is 4.51. The van der Waals surface area contributed by atoms with Gasteiger partial charge >= 0.3 is 0 Å². The van der Waals surface area contributed by atoms with Crippen molar-refractivity contribution in [3.63, 3.8) is 0 Å². The highest BCUT2D eigenvalue weighted by atomic mass is 35.5. The highest BCUT2D eigenvalue weighted by molar-refractivity contribution is 7.89. The Balaban J connectivity index is 2.33. The molecule has 8 heteroatoms. The van der Waals surface area contributed by atoms with Crippen LogP contribution in [-0.2, 0) is 14.8 Å². The monoisotopic (exact) mass is 338 g/mol. The number of halogens is 2. The molecular weight excluding hydrogens is 323 g/mol. The van der Waals surface area contributed by atoms with Gasteiger partial charge in [0.15, 0.2) is 0 Å². The third-order valence-corrected chi connectivity index (χ3v) is 5.73. The van der Waals surface area contributed by atoms with Gasteiger partial charge in [-0.15, -0.1) is 0 Å². The lowest BCUT2D eigenvalue weighted by atomic mass is 9.97. The van der Waals surface area contributed by atoms with Gasteiger partial charge in [0.2, 0.25) is 10.0 Å². The van der Waals surface area contributed by atoms with Gasteiger partial charge in [-0.1, -0.05) is 23.2 Å². The van der Waals surface area contributed by atoms with E-state index in [0.717, 1.165) is 6.42 Å². The summed E-state index contributed by atoms with van der Waals surface area (Å²) < 4.78 is 32.9. The van der Waals surface area contributed by atoms with Crippen molar-refractivity contribution in [1.29, 1.82) is 0 Å². The minimum atomic E-state index is -3.79. The van der Waals surface area contributed by atoms with Crippen LogP contribution in [0.3, 0.4) is 0 Å². The van der Waals surface area contributed by atoms with Gasteiger partial charge in [0.1, 0.15) is 4.90 Å². The summed E-state index contributed by atoms with van der Waals surface area (Å²) in [7, 11) is -3.79. The maximum absolute atomic E-state index is 12.4. The van der Waals surface area contributed by atoms with Crippen molar-refractivity contribution in [2.75, 3.05) is 18.9 Å². The summed E-state index contributed by atoms with van der Waals surface area (Å²) in [6, 6.07) is 2.76. The van der Waals surface area contributed by atoms with Gasteiger partial charge in [-0.3, -0.25) is 0 Å². The van der Waals surface area contributed by atoms with Crippen molar-refractivity contribution in [2.24, 2.45) is 0 Å². The van der Waals surface area contributed by atoms with Crippen molar-refractivity contribution >= 4 is 38.9 Å². The van der Waals surface area contributed by atoms with Gasteiger partial charge in [-0.2, -0.15) is 0 Å². The average Bonchev–Trinajstić information content (AvgIpc) is 2.35. The van der Waals surface area contributed by atoms with Crippen LogP contribution < -0.4 is 10.5 Å². The molecule has 0 saturated carbocycles. The molecule has 3 N–H and O–H groups in total. The van der Waals surface area contributed by atoms with E-state index >= 15 is 0 Å². The molecule has 2 rings (SSSR count). The first-order valence-electron chi connectivity index (χ1n) is 6.10. The number of benzene rings is 1. The molecule has 0 aliphatic carbocycles. The van der Waals surface area contributed by atoms with Gasteiger partial charge in [-0.25, -0.2) is 13.1 Å². The van der Waals surface area contributed by atoms with E-state index in [2.05, 4.69) is 4.72 Å². The van der Waals surface area contributed by atoms with Gasteiger partial charge in [-0.05, 0) is 31.9 Å². The smallest absolute Gasteiger partial charge is 0.242 e. The summed E-state index contributed by atoms with van der Waals surface area (Å²) in [6.45, 7) is 2.77. The molecular formula is C12H16Cl2N2O3S. The number of ether oxygens (including phenoxy) is 1. The van der Waals surface area contributed by atoms with E-state index in [1.807, 2.05) is 0 Å². The van der Waals surface area contributed by atoms with E-state index in [-0.39, 0.29) is 20.6 Å². The molecule has 1 aromatic rings. The minimum absolute atomic E-state index is 0.0567. The molecule has 1 saturated heterocycles. The lowest BCUT2D eigenvalue weighted by molar-refractivity contribution is 0.0386. The van der Waals surface area contributed by atoms with Crippen molar-refractivity contribution in [3.05, 3.63) is 22.2 Å². The van der Waals surface area contributed by atoms with Gasteiger partial charge in [0, 0.05) is 6.61 Å². The van der Waals surface area contributed by atoms with Crippen LogP contribution in [0.4, 0.5) is 5.69 Å². The number of rotatable bonds is 3. The molecule has 1 heterocycles. The molecule has 1 aliphatic heterocycles. The quantitative estimate of drug-likeness (QED) is 0.829. The lowest BCUT2D eigenvalue weighted by Crippen LogP contribution is -2.51. The van der Waals surface area contributed by atoms with Crippen molar-refractivity contribution in [3.8, 4) is 0 Å². The fourth-order valence-electron chi connectivity index (χ4n) is 2.15. The third kappa shape index (κ3) is 3.20. The van der Waals surface area contributed by atoms with E-state index in [4.69, 9.17) is 33.7 Å². The Morgan fingerprint density at radius 3 is 2.70 bits per heavy atom. The Morgan fingerprint density at radius 2 is 2.10 bits per heavy atom. The predicted molar refractivity (Wildman–Crippen MR) is 79.7 cm³/mol. The summed E-state index contributed by atoms with van der Waals surface area (Å²) in [4.78, 5) is -0.0761. The molecule has 0 spiro atoms. The van der Waals surface area contributed by atoms with E-state index in [1.165, 1.54) is 12.1 Å². The second-order valence-corrected chi connectivity index (χ2v) is 7.53. The van der Waals surface area contributed by atoms with Crippen LogP contribution in [0.25, 0.3) is 0 Å². The van der Waals surface area contributed by atoms with Crippen LogP contribution in [0.15, 0.2) is 17.0 Å². The first kappa shape index (κ1) is 15.9. The van der Waals surface area contributed by atoms with Crippen LogP contribution in [0.5, 0.6) is 0 Å². The molecule has 1 aromatic carbocycles. The highest BCUT2D eigenvalue weighted by Gasteiger charge is 2.34. The topological polar surface area (TPSA) is 81.4 Å². The van der Waals surface area contributed by atoms with Crippen LogP contribution >= 0.6 is 23.2 Å². The van der Waals surface area contributed by atoms with E-state index in [1.54, 1.807) is 6.92 Å². The van der Waals surface area contributed by atoms with Crippen LogP contribution in [0.2, 0.25) is 10.0 Å². The van der Waals surface area contributed by atoms with Gasteiger partial charge in [0.25, 0.3) is 0 Å². The van der Waals surface area contributed by atoms with Crippen molar-refractivity contribution in [2.45, 2.75) is 30.2 Å². The zero-order chi connectivity index (χ0) is 15.0. The Morgan fingerprint density at radius 1 is 1.40 bits per heavy atom. The zero-order valence-electron chi connectivity index (χ0n) is 10.9. The molecule has 1 fully saturated rings. The van der Waals surface area contributed by atoms with E-state index in [0.29, 0.717) is 19.6 Å². The largest absolute Gasteiger partial charge is 0.396 e. The molecule has 1 aliphatic rings. The Bertz CT molecular complexity index is 613. The summed E-state index contributed by atoms with van der Waals surface area (Å²) >= 11 is 11.8. The van der Waals surface area contributed by atoms with Gasteiger partial charge < -0.3 is 10.5 Å². The number of nitrogens with one attached hydrogen (secondary N) is 1. The number of hydrogen-bond acceptors (Lipinski definition) is 4. The fraction of sp³-hybridized carbons (Fsp3) is 0.500. The molecule has 0 bridgehead atoms. The molecule has 0 aromatic heterocycles. The van der Waals surface area contributed by atoms with Crippen molar-refractivity contribution in [1.82, 2.24) is 4.72 Å². The first-order chi connectivity index (χ1) is 9.25. The molecule has 112 valence electrons. The van der Waals surface area contributed by atoms with Gasteiger partial charge in [0.05, 0.1) is 27.9 Å². The van der Waals surface area contributed by atoms with E-state index in [9.17, 15) is 8.42 Å². The number of hydrogen-bond donors (Lipinski definition) is 2. The number of nitrogens with two attached hydrogens (primary N) is 1. The minimum Gasteiger partial charge on any atom is -0.396 e. The standard InChI is InChI=1S/C12H16Cl2N2O3S/c1-12(5-2-6-19-7-12)16-20(17,18)9-4-3-8(13)11(15)10(9)14/h3-4,16H,2,5-7,15H2,1H3. The summed E-state index contributed by atoms with van der Waals surface area (Å²) in [5.74, 6) is 0. The third-order valence-electron chi connectivity index (χ3n) is 3.20. The normalized spacial score (nSPS) is 23.8. The lowest BCUT2D eigenvalue weighted by Gasteiger charge is -2.34. The molecule has 1 atom stereocenters. The molecule has 20 heavy (non-hydrogen) atoms. The molecule has 1 unspecified atom stereocenters. The Labute approximate surface area is 128 Å². The average molecular weight is 339 g/mol. The van der Waals surface area contributed by atoms with E-state index < -0.39 is 15.6 Å². The first-order valence-corrected chi connectivity index (χ1v) is 8.34. The summed E-state index contributed by atoms with van der Waals surface area (Å²) in [5.41, 5.74) is 5.08. The summed E-state index contributed by atoms with van der Waals surface area (Å²) in [6.07, 6.45) is 1.50. The zero-order valence-corrected chi connectivity index (χ0v) is 13.3. The second kappa shape index (κ2) is 5.69. The second-order valence-electron chi connectivity index (χ2n) is 5.10. The number of sulfonamides is 1. The maximum Gasteiger partial charge on any atom is 0.242 e. The SMILES string of the molecule is CC1(NS(=O)(=O)c2ccc(Cl)c(N)c2Cl)CCCOC1. The molecule has 5 nitrogen and oxygen atoms in total. The fourth-order valence-corrected chi connectivity index (χ4v) is 4.34. The Hall–Kier alpha value is -0.530. The maximum atomic E-state index is 12.4. The molecule has 0 radical (unpaired) electrons. The summed E-state index contributed by atoms with van der Waals surface area (Å²) in [5, 5.41) is 0.159.